The number of aryl methyl sites for hydroxylation is 1. The largest absolute Gasteiger partial charge is 0.391 e. The Hall–Kier alpha value is -3.64. The molecule has 37 heavy (non-hydrogen) atoms. The maximum atomic E-state index is 14.2. The van der Waals surface area contributed by atoms with Gasteiger partial charge < -0.3 is 15.7 Å². The number of pyridine rings is 1. The van der Waals surface area contributed by atoms with Crippen LogP contribution in [0.4, 0.5) is 11.4 Å². The lowest BCUT2D eigenvalue weighted by Gasteiger charge is -2.36. The summed E-state index contributed by atoms with van der Waals surface area (Å²) in [6.45, 7) is 0.938. The summed E-state index contributed by atoms with van der Waals surface area (Å²) in [4.78, 5) is 35.3. The first kappa shape index (κ1) is 25.0. The molecule has 1 aliphatic carbocycles. The number of amides is 2. The zero-order valence-corrected chi connectivity index (χ0v) is 21.0. The van der Waals surface area contributed by atoms with Crippen molar-refractivity contribution in [3.05, 3.63) is 53.9 Å². The number of likely N-dealkylation sites (tertiary alicyclic amines) is 1. The molecule has 2 aromatic rings. The lowest BCUT2D eigenvalue weighted by Crippen LogP contribution is -2.51. The van der Waals surface area contributed by atoms with Crippen LogP contribution in [0.5, 0.6) is 0 Å². The Morgan fingerprint density at radius 1 is 1.22 bits per heavy atom. The molecule has 1 unspecified atom stereocenters. The summed E-state index contributed by atoms with van der Waals surface area (Å²) in [7, 11) is 0. The van der Waals surface area contributed by atoms with E-state index in [4.69, 9.17) is 0 Å². The van der Waals surface area contributed by atoms with Crippen molar-refractivity contribution in [3.63, 3.8) is 0 Å². The Labute approximate surface area is 217 Å². The van der Waals surface area contributed by atoms with Crippen molar-refractivity contribution in [2.45, 2.75) is 75.6 Å². The molecule has 0 radical (unpaired) electrons. The van der Waals surface area contributed by atoms with Crippen molar-refractivity contribution in [1.29, 1.82) is 5.26 Å². The molecule has 1 saturated carbocycles. The highest BCUT2D eigenvalue weighted by atomic mass is 16.3. The molecule has 3 aliphatic rings. The van der Waals surface area contributed by atoms with E-state index >= 15 is 0 Å². The number of anilines is 2. The highest BCUT2D eigenvalue weighted by Gasteiger charge is 2.43. The lowest BCUT2D eigenvalue weighted by atomic mass is 9.94. The van der Waals surface area contributed by atoms with Crippen LogP contribution in [0.15, 0.2) is 42.7 Å². The molecule has 3 N–H and O–H groups in total. The number of aliphatic hydroxyl groups is 1. The van der Waals surface area contributed by atoms with Crippen molar-refractivity contribution in [3.8, 4) is 6.19 Å². The second-order valence-corrected chi connectivity index (χ2v) is 10.3. The summed E-state index contributed by atoms with van der Waals surface area (Å²) < 4.78 is 0. The summed E-state index contributed by atoms with van der Waals surface area (Å²) in [5.41, 5.74) is 3.28. The van der Waals surface area contributed by atoms with Gasteiger partial charge in [-0.05, 0) is 49.4 Å². The molecule has 0 spiro atoms. The third kappa shape index (κ3) is 5.39. The smallest absolute Gasteiger partial charge is 0.251 e. The van der Waals surface area contributed by atoms with Crippen LogP contribution in [0.3, 0.4) is 0 Å². The SMILES string of the molecule is N#CN1C[C@H](O)C[C@@H]1C(=O)N(c1ccc2c(c1)NCCC2)C(C(=O)NC1CCCCC1)c1cccnc1. The van der Waals surface area contributed by atoms with Gasteiger partial charge in [0.05, 0.1) is 12.6 Å². The molecule has 1 saturated heterocycles. The van der Waals surface area contributed by atoms with E-state index in [0.717, 1.165) is 50.8 Å². The van der Waals surface area contributed by atoms with Gasteiger partial charge in [0.25, 0.3) is 5.91 Å². The molecule has 2 fully saturated rings. The molecule has 194 valence electrons. The van der Waals surface area contributed by atoms with Crippen LogP contribution in [0, 0.1) is 11.5 Å². The number of hydrogen-bond donors (Lipinski definition) is 3. The summed E-state index contributed by atoms with van der Waals surface area (Å²) >= 11 is 0. The van der Waals surface area contributed by atoms with Gasteiger partial charge >= 0.3 is 0 Å². The molecule has 2 amide bonds. The number of fused-ring (bicyclic) bond motifs is 1. The minimum atomic E-state index is -0.969. The van der Waals surface area contributed by atoms with E-state index < -0.39 is 18.2 Å². The quantitative estimate of drug-likeness (QED) is 0.519. The highest BCUT2D eigenvalue weighted by molar-refractivity contribution is 6.04. The first-order valence-electron chi connectivity index (χ1n) is 13.3. The molecule has 5 rings (SSSR count). The van der Waals surface area contributed by atoms with E-state index in [-0.39, 0.29) is 30.8 Å². The third-order valence-electron chi connectivity index (χ3n) is 7.70. The second kappa shape index (κ2) is 11.2. The molecule has 2 aliphatic heterocycles. The molecular weight excluding hydrogens is 468 g/mol. The average molecular weight is 503 g/mol. The van der Waals surface area contributed by atoms with Crippen LogP contribution < -0.4 is 15.5 Å². The van der Waals surface area contributed by atoms with Crippen LogP contribution >= 0.6 is 0 Å². The Morgan fingerprint density at radius 3 is 2.81 bits per heavy atom. The monoisotopic (exact) mass is 502 g/mol. The summed E-state index contributed by atoms with van der Waals surface area (Å²) in [6, 6.07) is 7.60. The Bertz CT molecular complexity index is 1160. The first-order valence-corrected chi connectivity index (χ1v) is 13.3. The normalized spacial score (nSPS) is 22.3. The number of carbonyl (C=O) groups excluding carboxylic acids is 2. The molecule has 9 nitrogen and oxygen atoms in total. The molecule has 0 bridgehead atoms. The van der Waals surface area contributed by atoms with Crippen LogP contribution in [-0.4, -0.2) is 58.1 Å². The predicted molar refractivity (Wildman–Crippen MR) is 139 cm³/mol. The maximum absolute atomic E-state index is 14.2. The average Bonchev–Trinajstić information content (AvgIpc) is 3.32. The molecule has 9 heteroatoms. The van der Waals surface area contributed by atoms with E-state index in [1.54, 1.807) is 24.5 Å². The van der Waals surface area contributed by atoms with Gasteiger partial charge in [-0.2, -0.15) is 5.26 Å². The van der Waals surface area contributed by atoms with Crippen LogP contribution in [0.1, 0.15) is 62.1 Å². The number of aromatic nitrogens is 1. The van der Waals surface area contributed by atoms with Crippen molar-refractivity contribution in [1.82, 2.24) is 15.2 Å². The highest BCUT2D eigenvalue weighted by Crippen LogP contribution is 2.35. The fourth-order valence-electron chi connectivity index (χ4n) is 5.80. The molecule has 1 aromatic heterocycles. The standard InChI is InChI=1S/C28H34N6O3/c29-18-33-17-23(35)15-25(33)28(37)34(22-11-10-19-6-5-13-31-24(19)14-22)26(20-7-4-12-30-16-20)27(36)32-21-8-2-1-3-9-21/h4,7,10-12,14,16,21,23,25-26,31,35H,1-3,5-6,8-9,13,15,17H2,(H,32,36)/t23-,25-,26?/m1/s1. The van der Waals surface area contributed by atoms with Gasteiger partial charge in [0, 0.05) is 48.3 Å². The van der Waals surface area contributed by atoms with Gasteiger partial charge in [-0.15, -0.1) is 0 Å². The zero-order chi connectivity index (χ0) is 25.8. The van der Waals surface area contributed by atoms with E-state index in [0.29, 0.717) is 11.3 Å². The van der Waals surface area contributed by atoms with Crippen molar-refractivity contribution in [2.75, 3.05) is 23.3 Å². The number of benzene rings is 1. The summed E-state index contributed by atoms with van der Waals surface area (Å²) in [5, 5.41) is 26.6. The van der Waals surface area contributed by atoms with Gasteiger partial charge in [-0.1, -0.05) is 31.4 Å². The van der Waals surface area contributed by atoms with Crippen molar-refractivity contribution in [2.24, 2.45) is 0 Å². The fraction of sp³-hybridized carbons (Fsp3) is 0.500. The molecule has 3 atom stereocenters. The van der Waals surface area contributed by atoms with Crippen LogP contribution in [0.25, 0.3) is 0 Å². The number of rotatable bonds is 6. The molecule has 1 aromatic carbocycles. The first-order chi connectivity index (χ1) is 18.0. The summed E-state index contributed by atoms with van der Waals surface area (Å²) in [6.07, 6.45) is 11.8. The lowest BCUT2D eigenvalue weighted by molar-refractivity contribution is -0.128. The fourth-order valence-corrected chi connectivity index (χ4v) is 5.80. The van der Waals surface area contributed by atoms with Gasteiger partial charge in [0.1, 0.15) is 12.1 Å². The Kier molecular flexibility index (Phi) is 7.56. The van der Waals surface area contributed by atoms with Gasteiger partial charge in [0.15, 0.2) is 6.19 Å². The maximum Gasteiger partial charge on any atom is 0.251 e. The van der Waals surface area contributed by atoms with Gasteiger partial charge in [-0.25, -0.2) is 0 Å². The van der Waals surface area contributed by atoms with E-state index in [9.17, 15) is 20.0 Å². The number of nitrogens with one attached hydrogen (secondary N) is 2. The van der Waals surface area contributed by atoms with Crippen LogP contribution in [-0.2, 0) is 16.0 Å². The van der Waals surface area contributed by atoms with E-state index in [1.165, 1.54) is 21.8 Å². The topological polar surface area (TPSA) is 122 Å². The third-order valence-corrected chi connectivity index (χ3v) is 7.70. The number of carbonyl (C=O) groups is 2. The van der Waals surface area contributed by atoms with Crippen molar-refractivity contribution < 1.29 is 14.7 Å². The molecule has 3 heterocycles. The van der Waals surface area contributed by atoms with Crippen molar-refractivity contribution >= 4 is 23.2 Å². The number of aliphatic hydroxyl groups excluding tert-OH is 1. The minimum Gasteiger partial charge on any atom is -0.391 e. The zero-order valence-electron chi connectivity index (χ0n) is 21.0. The second-order valence-electron chi connectivity index (χ2n) is 10.3. The Morgan fingerprint density at radius 2 is 2.05 bits per heavy atom. The minimum absolute atomic E-state index is 0.0616. The number of nitriles is 1. The predicted octanol–water partition coefficient (Wildman–Crippen LogP) is 2.88. The van der Waals surface area contributed by atoms with E-state index in [2.05, 4.69) is 21.8 Å². The van der Waals surface area contributed by atoms with Gasteiger partial charge in [0.2, 0.25) is 5.91 Å². The molecular formula is C28H34N6O3. The van der Waals surface area contributed by atoms with Crippen LogP contribution in [0.2, 0.25) is 0 Å². The van der Waals surface area contributed by atoms with E-state index in [1.807, 2.05) is 18.2 Å². The number of nitrogens with zero attached hydrogens (tertiary/aromatic N) is 4. The Balaban J connectivity index is 1.58. The van der Waals surface area contributed by atoms with Gasteiger partial charge in [-0.3, -0.25) is 24.4 Å². The number of hydrogen-bond acceptors (Lipinski definition) is 7. The summed E-state index contributed by atoms with van der Waals surface area (Å²) in [5.74, 6) is -0.650. The number of β-amino-alcohol motifs (C(OH)–C–C–N with tert-alkyl or cyclic N) is 1.